The average Bonchev–Trinajstić information content (AvgIpc) is 3.55. The molecule has 0 N–H and O–H groups in total. The van der Waals surface area contributed by atoms with Crippen LogP contribution >= 0.6 is 0 Å². The summed E-state index contributed by atoms with van der Waals surface area (Å²) in [6.07, 6.45) is 3.88. The van der Waals surface area contributed by atoms with Gasteiger partial charge in [0.15, 0.2) is 11.6 Å². The molecule has 1 saturated heterocycles. The minimum absolute atomic E-state index is 0.102. The summed E-state index contributed by atoms with van der Waals surface area (Å²) in [5, 5.41) is 0. The van der Waals surface area contributed by atoms with Crippen LogP contribution in [0, 0.1) is 12.7 Å². The van der Waals surface area contributed by atoms with Crippen molar-refractivity contribution in [3.63, 3.8) is 0 Å². The number of rotatable bonds is 3. The van der Waals surface area contributed by atoms with Gasteiger partial charge in [-0.3, -0.25) is 9.20 Å². The fourth-order valence-corrected chi connectivity index (χ4v) is 3.65. The van der Waals surface area contributed by atoms with Gasteiger partial charge in [-0.15, -0.1) is 0 Å². The maximum atomic E-state index is 14.7. The average molecular weight is 380 g/mol. The van der Waals surface area contributed by atoms with Crippen molar-refractivity contribution in [3.05, 3.63) is 58.2 Å². The molecule has 7 nitrogen and oxygen atoms in total. The lowest BCUT2D eigenvalue weighted by molar-refractivity contribution is 0.568. The highest BCUT2D eigenvalue weighted by molar-refractivity contribution is 5.50. The summed E-state index contributed by atoms with van der Waals surface area (Å²) in [5.41, 5.74) is 0.937. The first-order chi connectivity index (χ1) is 13.6. The Balaban J connectivity index is 1.38. The summed E-state index contributed by atoms with van der Waals surface area (Å²) in [4.78, 5) is 29.8. The molecule has 2 fully saturated rings. The van der Waals surface area contributed by atoms with Gasteiger partial charge in [0.2, 0.25) is 0 Å². The number of pyridine rings is 1. The van der Waals surface area contributed by atoms with Gasteiger partial charge in [-0.1, -0.05) is 6.07 Å². The Hall–Kier alpha value is -3.03. The van der Waals surface area contributed by atoms with E-state index in [0.717, 1.165) is 18.7 Å². The van der Waals surface area contributed by atoms with Gasteiger partial charge in [0.25, 0.3) is 5.56 Å². The van der Waals surface area contributed by atoms with Crippen molar-refractivity contribution in [1.29, 1.82) is 0 Å². The Morgan fingerprint density at radius 2 is 1.79 bits per heavy atom. The molecule has 28 heavy (non-hydrogen) atoms. The van der Waals surface area contributed by atoms with E-state index in [1.165, 1.54) is 4.40 Å². The van der Waals surface area contributed by atoms with Crippen LogP contribution < -0.4 is 15.4 Å². The van der Waals surface area contributed by atoms with Crippen LogP contribution in [-0.4, -0.2) is 45.5 Å². The zero-order valence-electron chi connectivity index (χ0n) is 15.7. The Morgan fingerprint density at radius 1 is 1.04 bits per heavy atom. The van der Waals surface area contributed by atoms with Crippen LogP contribution in [0.2, 0.25) is 0 Å². The molecule has 144 valence electrons. The minimum Gasteiger partial charge on any atom is -0.353 e. The summed E-state index contributed by atoms with van der Waals surface area (Å²) in [6, 6.07) is 7.05. The van der Waals surface area contributed by atoms with E-state index in [9.17, 15) is 9.18 Å². The molecule has 5 rings (SSSR count). The standard InChI is InChI=1S/C20H21FN6O/c1-13-18(21)20(24-19(22-13)14-5-6-14)26-10-8-25(9-11-26)16-12-17(28)27-7-3-2-4-15(27)23-16/h2-4,7,12,14H,5-6,8-11H2,1H3. The van der Waals surface area contributed by atoms with Crippen molar-refractivity contribution in [2.45, 2.75) is 25.7 Å². The van der Waals surface area contributed by atoms with E-state index in [-0.39, 0.29) is 11.4 Å². The van der Waals surface area contributed by atoms with Gasteiger partial charge in [-0.2, -0.15) is 0 Å². The lowest BCUT2D eigenvalue weighted by Gasteiger charge is -2.36. The number of hydrogen-bond acceptors (Lipinski definition) is 6. The Labute approximate surface area is 161 Å². The van der Waals surface area contributed by atoms with Gasteiger partial charge in [-0.05, 0) is 31.9 Å². The number of anilines is 2. The van der Waals surface area contributed by atoms with Crippen LogP contribution in [0.5, 0.6) is 0 Å². The normalized spacial score (nSPS) is 17.4. The largest absolute Gasteiger partial charge is 0.353 e. The predicted molar refractivity (Wildman–Crippen MR) is 105 cm³/mol. The molecule has 0 spiro atoms. The maximum Gasteiger partial charge on any atom is 0.259 e. The highest BCUT2D eigenvalue weighted by atomic mass is 19.1. The predicted octanol–water partition coefficient (Wildman–Crippen LogP) is 2.14. The van der Waals surface area contributed by atoms with Gasteiger partial charge in [0, 0.05) is 44.4 Å². The van der Waals surface area contributed by atoms with E-state index < -0.39 is 0 Å². The molecule has 0 radical (unpaired) electrons. The van der Waals surface area contributed by atoms with E-state index >= 15 is 0 Å². The number of halogens is 1. The second kappa shape index (κ2) is 6.54. The van der Waals surface area contributed by atoms with Crippen molar-refractivity contribution in [2.75, 3.05) is 36.0 Å². The third-order valence-electron chi connectivity index (χ3n) is 5.42. The van der Waals surface area contributed by atoms with Gasteiger partial charge in [-0.25, -0.2) is 19.3 Å². The fraction of sp³-hybridized carbons (Fsp3) is 0.400. The van der Waals surface area contributed by atoms with Crippen molar-refractivity contribution in [3.8, 4) is 0 Å². The molecule has 2 aliphatic rings. The molecule has 3 aromatic heterocycles. The third kappa shape index (κ3) is 2.98. The van der Waals surface area contributed by atoms with Crippen LogP contribution in [0.4, 0.5) is 16.0 Å². The van der Waals surface area contributed by atoms with E-state index in [4.69, 9.17) is 0 Å². The number of aryl methyl sites for hydroxylation is 1. The molecule has 0 bridgehead atoms. The van der Waals surface area contributed by atoms with E-state index in [1.54, 1.807) is 19.2 Å². The summed E-state index contributed by atoms with van der Waals surface area (Å²) in [5.74, 6) is 1.88. The molecule has 4 heterocycles. The number of hydrogen-bond donors (Lipinski definition) is 0. The zero-order valence-corrected chi connectivity index (χ0v) is 15.7. The molecule has 0 atom stereocenters. The molecular formula is C20H21FN6O. The van der Waals surface area contributed by atoms with Crippen molar-refractivity contribution >= 4 is 17.3 Å². The Morgan fingerprint density at radius 3 is 2.54 bits per heavy atom. The maximum absolute atomic E-state index is 14.7. The SMILES string of the molecule is Cc1nc(C2CC2)nc(N2CCN(c3cc(=O)n4ccccc4n3)CC2)c1F. The molecule has 1 aliphatic carbocycles. The Bertz CT molecular complexity index is 1100. The van der Waals surface area contributed by atoms with Crippen LogP contribution in [0.25, 0.3) is 5.65 Å². The smallest absolute Gasteiger partial charge is 0.259 e. The lowest BCUT2D eigenvalue weighted by atomic mass is 10.2. The van der Waals surface area contributed by atoms with E-state index in [2.05, 4.69) is 19.9 Å². The molecule has 8 heteroatoms. The van der Waals surface area contributed by atoms with Gasteiger partial charge in [0.05, 0.1) is 5.69 Å². The number of fused-ring (bicyclic) bond motifs is 1. The third-order valence-corrected chi connectivity index (χ3v) is 5.42. The molecule has 1 saturated carbocycles. The van der Waals surface area contributed by atoms with Crippen LogP contribution in [0.1, 0.15) is 30.3 Å². The van der Waals surface area contributed by atoms with Crippen LogP contribution in [0.3, 0.4) is 0 Å². The topological polar surface area (TPSA) is 66.6 Å². The number of piperazine rings is 1. The summed E-state index contributed by atoms with van der Waals surface area (Å²) < 4.78 is 16.2. The van der Waals surface area contributed by atoms with Gasteiger partial charge in [0.1, 0.15) is 17.3 Å². The van der Waals surface area contributed by atoms with Crippen LogP contribution in [-0.2, 0) is 0 Å². The van der Waals surface area contributed by atoms with Crippen molar-refractivity contribution in [2.24, 2.45) is 0 Å². The van der Waals surface area contributed by atoms with E-state index in [0.29, 0.717) is 55.1 Å². The van der Waals surface area contributed by atoms with Gasteiger partial charge >= 0.3 is 0 Å². The highest BCUT2D eigenvalue weighted by Gasteiger charge is 2.30. The quantitative estimate of drug-likeness (QED) is 0.694. The number of aromatic nitrogens is 4. The first-order valence-electron chi connectivity index (χ1n) is 9.62. The summed E-state index contributed by atoms with van der Waals surface area (Å²) in [6.45, 7) is 4.24. The minimum atomic E-state index is -0.333. The highest BCUT2D eigenvalue weighted by Crippen LogP contribution is 2.39. The van der Waals surface area contributed by atoms with Crippen molar-refractivity contribution in [1.82, 2.24) is 19.4 Å². The second-order valence-electron chi connectivity index (χ2n) is 7.43. The molecule has 1 aliphatic heterocycles. The zero-order chi connectivity index (χ0) is 19.3. The second-order valence-corrected chi connectivity index (χ2v) is 7.43. The molecular weight excluding hydrogens is 359 g/mol. The summed E-state index contributed by atoms with van der Waals surface area (Å²) >= 11 is 0. The monoisotopic (exact) mass is 380 g/mol. The molecule has 0 amide bonds. The van der Waals surface area contributed by atoms with Crippen molar-refractivity contribution < 1.29 is 4.39 Å². The first-order valence-corrected chi connectivity index (χ1v) is 9.62. The summed E-state index contributed by atoms with van der Waals surface area (Å²) in [7, 11) is 0. The number of nitrogens with zero attached hydrogens (tertiary/aromatic N) is 6. The molecule has 3 aromatic rings. The first kappa shape index (κ1) is 17.1. The Kier molecular flexibility index (Phi) is 3.99. The molecule has 0 unspecified atom stereocenters. The molecule has 0 aromatic carbocycles. The lowest BCUT2D eigenvalue weighted by Crippen LogP contribution is -2.48. The van der Waals surface area contributed by atoms with E-state index in [1.807, 2.05) is 23.1 Å². The van der Waals surface area contributed by atoms with Crippen LogP contribution in [0.15, 0.2) is 35.3 Å². The fourth-order valence-electron chi connectivity index (χ4n) is 3.65. The van der Waals surface area contributed by atoms with Gasteiger partial charge < -0.3 is 9.80 Å².